The molecule has 1 fully saturated rings. The zero-order valence-corrected chi connectivity index (χ0v) is 14.3. The molecule has 0 spiro atoms. The molecule has 5 nitrogen and oxygen atoms in total. The van der Waals surface area contributed by atoms with Crippen LogP contribution in [0.15, 0.2) is 28.6 Å². The summed E-state index contributed by atoms with van der Waals surface area (Å²) in [5, 5.41) is 6.27. The van der Waals surface area contributed by atoms with Crippen LogP contribution in [-0.2, 0) is 17.1 Å². The maximum Gasteiger partial charge on any atom is 0.244 e. The Morgan fingerprint density at radius 1 is 1.27 bits per heavy atom. The van der Waals surface area contributed by atoms with Crippen LogP contribution < -0.4 is 4.72 Å². The maximum atomic E-state index is 12.8. The van der Waals surface area contributed by atoms with Crippen molar-refractivity contribution < 1.29 is 8.42 Å². The Kier molecular flexibility index (Phi) is 4.65. The third kappa shape index (κ3) is 3.42. The Hall–Kier alpha value is -1.18. The van der Waals surface area contributed by atoms with Gasteiger partial charge < -0.3 is 0 Å². The molecule has 0 amide bonds. The van der Waals surface area contributed by atoms with Gasteiger partial charge in [0, 0.05) is 19.3 Å². The Morgan fingerprint density at radius 2 is 2.00 bits per heavy atom. The Bertz CT molecular complexity index is 712. The van der Waals surface area contributed by atoms with Crippen LogP contribution >= 0.6 is 11.3 Å². The summed E-state index contributed by atoms with van der Waals surface area (Å²) in [5.74, 6) is 0. The minimum Gasteiger partial charge on any atom is -0.274 e. The molecule has 0 aromatic carbocycles. The number of hydrogen-bond donors (Lipinski definition) is 1. The van der Waals surface area contributed by atoms with Crippen molar-refractivity contribution in [2.45, 2.75) is 49.5 Å². The van der Waals surface area contributed by atoms with Crippen LogP contribution in [-0.4, -0.2) is 24.2 Å². The van der Waals surface area contributed by atoms with Gasteiger partial charge in [-0.05, 0) is 24.3 Å². The van der Waals surface area contributed by atoms with E-state index in [-0.39, 0.29) is 10.9 Å². The van der Waals surface area contributed by atoms with E-state index < -0.39 is 10.0 Å². The zero-order chi connectivity index (χ0) is 15.6. The summed E-state index contributed by atoms with van der Waals surface area (Å²) in [5.41, 5.74) is 0.540. The molecule has 2 aromatic heterocycles. The molecule has 120 valence electrons. The van der Waals surface area contributed by atoms with Crippen LogP contribution in [0.1, 0.15) is 38.5 Å². The van der Waals surface area contributed by atoms with E-state index in [1.165, 1.54) is 24.2 Å². The highest BCUT2D eigenvalue weighted by atomic mass is 32.2. The standard InChI is InChI=1S/C15H21N3O2S2/c1-18-11-14(15(16-18)13-9-6-10-21-13)22(19,20)17-12-7-4-2-3-5-8-12/h6,9-12,17H,2-5,7-8H2,1H3. The molecule has 7 heteroatoms. The Morgan fingerprint density at radius 3 is 2.64 bits per heavy atom. The lowest BCUT2D eigenvalue weighted by molar-refractivity contribution is 0.510. The number of sulfonamides is 1. The second-order valence-electron chi connectivity index (χ2n) is 5.80. The van der Waals surface area contributed by atoms with Crippen LogP contribution in [0.2, 0.25) is 0 Å². The van der Waals surface area contributed by atoms with E-state index in [0.717, 1.165) is 30.6 Å². The molecule has 0 bridgehead atoms. The number of hydrogen-bond acceptors (Lipinski definition) is 4. The summed E-state index contributed by atoms with van der Waals surface area (Å²) < 4.78 is 30.0. The van der Waals surface area contributed by atoms with Gasteiger partial charge in [0.2, 0.25) is 10.0 Å². The van der Waals surface area contributed by atoms with E-state index in [2.05, 4.69) is 9.82 Å². The number of rotatable bonds is 4. The molecular weight excluding hydrogens is 318 g/mol. The van der Waals surface area contributed by atoms with Crippen LogP contribution in [0.25, 0.3) is 10.6 Å². The fraction of sp³-hybridized carbons (Fsp3) is 0.533. The van der Waals surface area contributed by atoms with E-state index in [1.807, 2.05) is 17.5 Å². The highest BCUT2D eigenvalue weighted by Crippen LogP contribution is 2.30. The van der Waals surface area contributed by atoms with E-state index in [9.17, 15) is 8.42 Å². The number of aromatic nitrogens is 2. The summed E-state index contributed by atoms with van der Waals surface area (Å²) in [6, 6.07) is 3.85. The molecule has 0 unspecified atom stereocenters. The van der Waals surface area contributed by atoms with Crippen molar-refractivity contribution in [1.29, 1.82) is 0 Å². The van der Waals surface area contributed by atoms with Crippen molar-refractivity contribution in [2.75, 3.05) is 0 Å². The fourth-order valence-corrected chi connectivity index (χ4v) is 5.21. The van der Waals surface area contributed by atoms with Gasteiger partial charge >= 0.3 is 0 Å². The predicted octanol–water partition coefficient (Wildman–Crippen LogP) is 3.15. The van der Waals surface area contributed by atoms with Crippen molar-refractivity contribution in [3.05, 3.63) is 23.7 Å². The predicted molar refractivity (Wildman–Crippen MR) is 88.3 cm³/mol. The smallest absolute Gasteiger partial charge is 0.244 e. The molecule has 0 radical (unpaired) electrons. The van der Waals surface area contributed by atoms with E-state index in [0.29, 0.717) is 5.69 Å². The van der Waals surface area contributed by atoms with Crippen LogP contribution in [0.5, 0.6) is 0 Å². The molecule has 3 rings (SSSR count). The molecule has 1 aliphatic carbocycles. The van der Waals surface area contributed by atoms with Crippen molar-refractivity contribution in [2.24, 2.45) is 7.05 Å². The van der Waals surface area contributed by atoms with Crippen LogP contribution in [0.3, 0.4) is 0 Å². The second kappa shape index (κ2) is 6.52. The van der Waals surface area contributed by atoms with Gasteiger partial charge in [-0.3, -0.25) is 4.68 Å². The number of nitrogens with zero attached hydrogens (tertiary/aromatic N) is 2. The van der Waals surface area contributed by atoms with Crippen LogP contribution in [0.4, 0.5) is 0 Å². The van der Waals surface area contributed by atoms with Crippen molar-refractivity contribution in [3.63, 3.8) is 0 Å². The van der Waals surface area contributed by atoms with Crippen molar-refractivity contribution >= 4 is 21.4 Å². The highest BCUT2D eigenvalue weighted by Gasteiger charge is 2.26. The van der Waals surface area contributed by atoms with Crippen LogP contribution in [0, 0.1) is 0 Å². The van der Waals surface area contributed by atoms with Gasteiger partial charge in [-0.25, -0.2) is 13.1 Å². The summed E-state index contributed by atoms with van der Waals surface area (Å²) in [4.78, 5) is 1.16. The van der Waals surface area contributed by atoms with Gasteiger partial charge in [-0.2, -0.15) is 5.10 Å². The van der Waals surface area contributed by atoms with Crippen molar-refractivity contribution in [3.8, 4) is 10.6 Å². The van der Waals surface area contributed by atoms with Gasteiger partial charge in [0.1, 0.15) is 10.6 Å². The number of nitrogens with one attached hydrogen (secondary N) is 1. The first-order chi connectivity index (χ1) is 10.6. The van der Waals surface area contributed by atoms with Gasteiger partial charge in [0.05, 0.1) is 4.88 Å². The second-order valence-corrected chi connectivity index (χ2v) is 8.43. The molecule has 1 N–H and O–H groups in total. The molecule has 1 saturated carbocycles. The minimum atomic E-state index is -3.54. The van der Waals surface area contributed by atoms with Crippen molar-refractivity contribution in [1.82, 2.24) is 14.5 Å². The first-order valence-electron chi connectivity index (χ1n) is 7.66. The number of thiophene rings is 1. The first kappa shape index (κ1) is 15.7. The Labute approximate surface area is 135 Å². The SMILES string of the molecule is Cn1cc(S(=O)(=O)NC2CCCCCC2)c(-c2cccs2)n1. The maximum absolute atomic E-state index is 12.8. The summed E-state index contributed by atoms with van der Waals surface area (Å²) in [6.07, 6.45) is 8.03. The molecule has 2 heterocycles. The van der Waals surface area contributed by atoms with Gasteiger partial charge in [-0.1, -0.05) is 31.7 Å². The highest BCUT2D eigenvalue weighted by molar-refractivity contribution is 7.89. The zero-order valence-electron chi connectivity index (χ0n) is 12.7. The molecular formula is C15H21N3O2S2. The summed E-state index contributed by atoms with van der Waals surface area (Å²) in [6.45, 7) is 0. The van der Waals surface area contributed by atoms with E-state index in [1.54, 1.807) is 17.9 Å². The molecule has 0 aliphatic heterocycles. The molecule has 2 aromatic rings. The molecule has 0 atom stereocenters. The largest absolute Gasteiger partial charge is 0.274 e. The van der Waals surface area contributed by atoms with Gasteiger partial charge in [0.15, 0.2) is 0 Å². The lowest BCUT2D eigenvalue weighted by atomic mass is 10.1. The molecule has 1 aliphatic rings. The lowest BCUT2D eigenvalue weighted by Crippen LogP contribution is -2.34. The average molecular weight is 339 g/mol. The topological polar surface area (TPSA) is 64.0 Å². The molecule has 0 saturated heterocycles. The summed E-state index contributed by atoms with van der Waals surface area (Å²) in [7, 11) is -1.79. The normalized spacial score (nSPS) is 17.5. The Balaban J connectivity index is 1.89. The third-order valence-corrected chi connectivity index (χ3v) is 6.41. The lowest BCUT2D eigenvalue weighted by Gasteiger charge is -2.16. The fourth-order valence-electron chi connectivity index (χ4n) is 2.93. The monoisotopic (exact) mass is 339 g/mol. The van der Waals surface area contributed by atoms with E-state index >= 15 is 0 Å². The first-order valence-corrected chi connectivity index (χ1v) is 10.0. The molecule has 22 heavy (non-hydrogen) atoms. The average Bonchev–Trinajstić information content (AvgIpc) is 3.05. The summed E-state index contributed by atoms with van der Waals surface area (Å²) >= 11 is 1.50. The quantitative estimate of drug-likeness (QED) is 0.870. The van der Waals surface area contributed by atoms with E-state index in [4.69, 9.17) is 0 Å². The number of aryl methyl sites for hydroxylation is 1. The van der Waals surface area contributed by atoms with Gasteiger partial charge in [-0.15, -0.1) is 11.3 Å². The minimum absolute atomic E-state index is 0.0453. The third-order valence-electron chi connectivity index (χ3n) is 4.02. The van der Waals surface area contributed by atoms with Gasteiger partial charge in [0.25, 0.3) is 0 Å².